The van der Waals surface area contributed by atoms with Crippen molar-refractivity contribution < 1.29 is 22.8 Å². The zero-order valence-electron chi connectivity index (χ0n) is 7.84. The van der Waals surface area contributed by atoms with E-state index in [0.717, 1.165) is 7.11 Å². The average molecular weight is 256 g/mol. The minimum absolute atomic E-state index is 0.380. The highest BCUT2D eigenvalue weighted by Gasteiger charge is 2.34. The van der Waals surface area contributed by atoms with E-state index in [2.05, 4.69) is 4.74 Å². The molecule has 0 unspecified atom stereocenters. The quantitative estimate of drug-likeness (QED) is 0.602. The SMILES string of the molecule is COc1c(Cl)cc(C(F)(F)F)cc1[N+](=O)[O-]. The molecule has 0 aliphatic heterocycles. The van der Waals surface area contributed by atoms with Gasteiger partial charge < -0.3 is 4.74 Å². The van der Waals surface area contributed by atoms with Crippen LogP contribution in [-0.2, 0) is 6.18 Å². The Hall–Kier alpha value is -1.50. The van der Waals surface area contributed by atoms with E-state index in [1.807, 2.05) is 0 Å². The second kappa shape index (κ2) is 4.17. The Kier molecular flexibility index (Phi) is 3.27. The molecule has 0 heterocycles. The number of methoxy groups -OCH3 is 1. The first-order valence-corrected chi connectivity index (χ1v) is 4.24. The zero-order chi connectivity index (χ0) is 12.5. The molecule has 0 saturated heterocycles. The maximum atomic E-state index is 12.3. The fourth-order valence-electron chi connectivity index (χ4n) is 1.08. The van der Waals surface area contributed by atoms with E-state index in [1.165, 1.54) is 0 Å². The summed E-state index contributed by atoms with van der Waals surface area (Å²) in [5.41, 5.74) is -2.01. The number of nitrogens with zero attached hydrogens (tertiary/aromatic N) is 1. The summed E-state index contributed by atoms with van der Waals surface area (Å²) < 4.78 is 41.5. The summed E-state index contributed by atoms with van der Waals surface area (Å²) in [5.74, 6) is -0.389. The summed E-state index contributed by atoms with van der Waals surface area (Å²) in [4.78, 5) is 9.53. The normalized spacial score (nSPS) is 11.3. The molecule has 0 amide bonds. The number of hydrogen-bond acceptors (Lipinski definition) is 3. The van der Waals surface area contributed by atoms with Crippen LogP contribution in [0.1, 0.15) is 5.56 Å². The van der Waals surface area contributed by atoms with Gasteiger partial charge in [0.25, 0.3) is 0 Å². The molecule has 16 heavy (non-hydrogen) atoms. The number of hydrogen-bond donors (Lipinski definition) is 0. The third-order valence-corrected chi connectivity index (χ3v) is 2.03. The number of ether oxygens (including phenoxy) is 1. The monoisotopic (exact) mass is 255 g/mol. The summed E-state index contributed by atoms with van der Waals surface area (Å²) in [7, 11) is 1.08. The predicted octanol–water partition coefficient (Wildman–Crippen LogP) is 3.28. The zero-order valence-corrected chi connectivity index (χ0v) is 8.59. The van der Waals surface area contributed by atoms with Crippen LogP contribution in [0, 0.1) is 10.1 Å². The van der Waals surface area contributed by atoms with Gasteiger partial charge in [-0.15, -0.1) is 0 Å². The van der Waals surface area contributed by atoms with Crippen molar-refractivity contribution in [1.29, 1.82) is 0 Å². The first kappa shape index (κ1) is 12.6. The van der Waals surface area contributed by atoms with Crippen LogP contribution in [0.25, 0.3) is 0 Å². The van der Waals surface area contributed by atoms with Gasteiger partial charge in [-0.25, -0.2) is 0 Å². The second-order valence-corrected chi connectivity index (χ2v) is 3.17. The molecule has 8 heteroatoms. The molecule has 88 valence electrons. The molecule has 1 aromatic rings. The Morgan fingerprint density at radius 1 is 1.44 bits per heavy atom. The van der Waals surface area contributed by atoms with Crippen molar-refractivity contribution in [1.82, 2.24) is 0 Å². The van der Waals surface area contributed by atoms with Crippen molar-refractivity contribution in [2.45, 2.75) is 6.18 Å². The second-order valence-electron chi connectivity index (χ2n) is 2.77. The van der Waals surface area contributed by atoms with E-state index in [1.54, 1.807) is 0 Å². The van der Waals surface area contributed by atoms with Crippen molar-refractivity contribution in [2.75, 3.05) is 7.11 Å². The molecule has 0 radical (unpaired) electrons. The van der Waals surface area contributed by atoms with Gasteiger partial charge in [-0.1, -0.05) is 11.6 Å². The lowest BCUT2D eigenvalue weighted by Crippen LogP contribution is -2.06. The van der Waals surface area contributed by atoms with Crippen LogP contribution in [0.2, 0.25) is 5.02 Å². The first-order chi connectivity index (χ1) is 7.27. The van der Waals surface area contributed by atoms with Crippen molar-refractivity contribution in [3.8, 4) is 5.75 Å². The summed E-state index contributed by atoms with van der Waals surface area (Å²) in [6.45, 7) is 0. The van der Waals surface area contributed by atoms with Crippen LogP contribution >= 0.6 is 11.6 Å². The van der Waals surface area contributed by atoms with Gasteiger partial charge in [0.15, 0.2) is 0 Å². The average Bonchev–Trinajstić information content (AvgIpc) is 2.14. The molecule has 0 aromatic heterocycles. The molecule has 0 bridgehead atoms. The van der Waals surface area contributed by atoms with Gasteiger partial charge in [-0.2, -0.15) is 13.2 Å². The highest BCUT2D eigenvalue weighted by Crippen LogP contribution is 2.40. The van der Waals surface area contributed by atoms with Crippen molar-refractivity contribution >= 4 is 17.3 Å². The first-order valence-electron chi connectivity index (χ1n) is 3.86. The third-order valence-electron chi connectivity index (χ3n) is 1.75. The molecule has 0 aliphatic rings. The number of benzene rings is 1. The van der Waals surface area contributed by atoms with Crippen LogP contribution in [-0.4, -0.2) is 12.0 Å². The van der Waals surface area contributed by atoms with Gasteiger partial charge in [0.05, 0.1) is 22.6 Å². The number of alkyl halides is 3. The number of rotatable bonds is 2. The van der Waals surface area contributed by atoms with Gasteiger partial charge in [0.2, 0.25) is 5.75 Å². The number of halogens is 4. The van der Waals surface area contributed by atoms with E-state index < -0.39 is 27.4 Å². The lowest BCUT2D eigenvalue weighted by Gasteiger charge is -2.09. The van der Waals surface area contributed by atoms with Crippen molar-refractivity contribution in [3.63, 3.8) is 0 Å². The predicted molar refractivity (Wildman–Crippen MR) is 49.7 cm³/mol. The van der Waals surface area contributed by atoms with Gasteiger partial charge in [0.1, 0.15) is 0 Å². The molecule has 4 nitrogen and oxygen atoms in total. The van der Waals surface area contributed by atoms with Gasteiger partial charge in [0, 0.05) is 6.07 Å². The Morgan fingerprint density at radius 2 is 2.00 bits per heavy atom. The summed E-state index contributed by atoms with van der Waals surface area (Å²) >= 11 is 5.46. The molecule has 0 fully saturated rings. The van der Waals surface area contributed by atoms with E-state index in [4.69, 9.17) is 11.6 Å². The smallest absolute Gasteiger partial charge is 0.416 e. The molecule has 0 spiro atoms. The Balaban J connectivity index is 3.46. The summed E-state index contributed by atoms with van der Waals surface area (Å²) in [6.07, 6.45) is -4.69. The summed E-state index contributed by atoms with van der Waals surface area (Å²) in [5, 5.41) is 10.1. The van der Waals surface area contributed by atoms with E-state index in [-0.39, 0.29) is 5.75 Å². The largest absolute Gasteiger partial charge is 0.489 e. The molecular formula is C8H5ClF3NO3. The fourth-order valence-corrected chi connectivity index (χ4v) is 1.37. The summed E-state index contributed by atoms with van der Waals surface area (Å²) in [6, 6.07) is 0.956. The van der Waals surface area contributed by atoms with E-state index in [0.29, 0.717) is 12.1 Å². The third kappa shape index (κ3) is 2.35. The maximum absolute atomic E-state index is 12.3. The van der Waals surface area contributed by atoms with E-state index in [9.17, 15) is 23.3 Å². The standard InChI is InChI=1S/C8H5ClF3NO3/c1-16-7-5(9)2-4(8(10,11)12)3-6(7)13(14)15/h2-3H,1H3. The highest BCUT2D eigenvalue weighted by molar-refractivity contribution is 6.32. The molecule has 0 saturated carbocycles. The van der Waals surface area contributed by atoms with E-state index >= 15 is 0 Å². The number of nitro benzene ring substituents is 1. The fraction of sp³-hybridized carbons (Fsp3) is 0.250. The molecular weight excluding hydrogens is 251 g/mol. The van der Waals surface area contributed by atoms with Crippen LogP contribution in [0.3, 0.4) is 0 Å². The lowest BCUT2D eigenvalue weighted by atomic mass is 10.2. The minimum atomic E-state index is -4.69. The van der Waals surface area contributed by atoms with Crippen molar-refractivity contribution in [2.24, 2.45) is 0 Å². The molecule has 0 atom stereocenters. The van der Waals surface area contributed by atoms with Gasteiger partial charge in [-0.05, 0) is 6.07 Å². The maximum Gasteiger partial charge on any atom is 0.416 e. The molecule has 1 rings (SSSR count). The lowest BCUT2D eigenvalue weighted by molar-refractivity contribution is -0.386. The van der Waals surface area contributed by atoms with Crippen molar-refractivity contribution in [3.05, 3.63) is 32.8 Å². The Bertz CT molecular complexity index is 433. The van der Waals surface area contributed by atoms with Crippen LogP contribution in [0.4, 0.5) is 18.9 Å². The van der Waals surface area contributed by atoms with Gasteiger partial charge >= 0.3 is 11.9 Å². The van der Waals surface area contributed by atoms with Crippen LogP contribution in [0.15, 0.2) is 12.1 Å². The minimum Gasteiger partial charge on any atom is -0.489 e. The Morgan fingerprint density at radius 3 is 2.38 bits per heavy atom. The van der Waals surface area contributed by atoms with Gasteiger partial charge in [-0.3, -0.25) is 10.1 Å². The topological polar surface area (TPSA) is 52.4 Å². The molecule has 1 aromatic carbocycles. The molecule has 0 N–H and O–H groups in total. The van der Waals surface area contributed by atoms with Crippen LogP contribution in [0.5, 0.6) is 5.75 Å². The highest BCUT2D eigenvalue weighted by atomic mass is 35.5. The van der Waals surface area contributed by atoms with Crippen LogP contribution < -0.4 is 4.74 Å². The molecule has 0 aliphatic carbocycles. The Labute approximate surface area is 92.7 Å². The number of nitro groups is 1.